The highest BCUT2D eigenvalue weighted by molar-refractivity contribution is 5.92. The van der Waals surface area contributed by atoms with E-state index in [1.54, 1.807) is 0 Å². The molecule has 154 valence electrons. The summed E-state index contributed by atoms with van der Waals surface area (Å²) in [5.74, 6) is 2.59. The first-order valence-corrected chi connectivity index (χ1v) is 10.7. The Morgan fingerprint density at radius 3 is 2.61 bits per heavy atom. The van der Waals surface area contributed by atoms with E-state index in [1.165, 1.54) is 6.42 Å². The number of furan rings is 1. The Kier molecular flexibility index (Phi) is 5.02. The van der Waals surface area contributed by atoms with Gasteiger partial charge in [0.05, 0.1) is 5.92 Å². The molecule has 3 saturated heterocycles. The van der Waals surface area contributed by atoms with E-state index < -0.39 is 0 Å². The summed E-state index contributed by atoms with van der Waals surface area (Å²) in [4.78, 5) is 29.8. The number of piperidine rings is 1. The number of carbonyl (C=O) groups excluding carboxylic acids is 2. The molecule has 0 aromatic carbocycles. The number of carbonyl (C=O) groups is 2. The van der Waals surface area contributed by atoms with E-state index in [0.29, 0.717) is 30.7 Å². The van der Waals surface area contributed by atoms with Crippen molar-refractivity contribution < 1.29 is 14.0 Å². The molecule has 1 aromatic heterocycles. The second-order valence-corrected chi connectivity index (χ2v) is 9.44. The van der Waals surface area contributed by atoms with E-state index >= 15 is 0 Å². The molecule has 2 amide bonds. The van der Waals surface area contributed by atoms with Crippen molar-refractivity contribution in [1.29, 1.82) is 0 Å². The fourth-order valence-corrected chi connectivity index (χ4v) is 5.20. The zero-order chi connectivity index (χ0) is 20.1. The third-order valence-corrected chi connectivity index (χ3v) is 7.16. The van der Waals surface area contributed by atoms with Crippen molar-refractivity contribution in [1.82, 2.24) is 15.1 Å². The van der Waals surface area contributed by atoms with Crippen LogP contribution in [0.4, 0.5) is 0 Å². The van der Waals surface area contributed by atoms with E-state index in [1.807, 2.05) is 24.8 Å². The molecule has 0 aliphatic carbocycles. The van der Waals surface area contributed by atoms with Gasteiger partial charge < -0.3 is 19.5 Å². The second-order valence-electron chi connectivity index (χ2n) is 9.44. The molecule has 6 nitrogen and oxygen atoms in total. The maximum absolute atomic E-state index is 12.8. The van der Waals surface area contributed by atoms with E-state index in [4.69, 9.17) is 4.42 Å². The normalized spacial score (nSPS) is 26.9. The third-order valence-electron chi connectivity index (χ3n) is 7.16. The molecule has 4 heterocycles. The van der Waals surface area contributed by atoms with Gasteiger partial charge in [-0.05, 0) is 57.2 Å². The number of amides is 2. The van der Waals surface area contributed by atoms with E-state index in [9.17, 15) is 9.59 Å². The zero-order valence-electron chi connectivity index (χ0n) is 17.6. The fraction of sp³-hybridized carbons (Fsp3) is 0.727. The average molecular weight is 388 g/mol. The molecule has 0 unspecified atom stereocenters. The second kappa shape index (κ2) is 7.21. The molecule has 0 radical (unpaired) electrons. The number of nitrogens with one attached hydrogen (secondary N) is 1. The molecule has 1 spiro atoms. The molecule has 1 aromatic rings. The van der Waals surface area contributed by atoms with Crippen LogP contribution in [0.5, 0.6) is 0 Å². The summed E-state index contributed by atoms with van der Waals surface area (Å²) in [6, 6.07) is 1.83. The van der Waals surface area contributed by atoms with Gasteiger partial charge in [-0.25, -0.2) is 0 Å². The van der Waals surface area contributed by atoms with Gasteiger partial charge in [-0.15, -0.1) is 0 Å². The van der Waals surface area contributed by atoms with Crippen molar-refractivity contribution in [2.24, 2.45) is 17.8 Å². The Morgan fingerprint density at radius 1 is 1.29 bits per heavy atom. The molecular formula is C22H33N3O3. The van der Waals surface area contributed by atoms with Crippen molar-refractivity contribution in [3.8, 4) is 0 Å². The number of aryl methyl sites for hydroxylation is 2. The number of hydrogen-bond acceptors (Lipinski definition) is 4. The van der Waals surface area contributed by atoms with Gasteiger partial charge in [0, 0.05) is 37.6 Å². The van der Waals surface area contributed by atoms with Crippen LogP contribution in [0.25, 0.3) is 0 Å². The van der Waals surface area contributed by atoms with Crippen LogP contribution in [0.15, 0.2) is 10.5 Å². The first-order valence-electron chi connectivity index (χ1n) is 10.7. The van der Waals surface area contributed by atoms with E-state index in [0.717, 1.165) is 43.8 Å². The average Bonchev–Trinajstić information content (AvgIpc) is 3.30. The fourth-order valence-electron chi connectivity index (χ4n) is 5.20. The summed E-state index contributed by atoms with van der Waals surface area (Å²) in [7, 11) is 0. The highest BCUT2D eigenvalue weighted by atomic mass is 16.4. The molecule has 3 fully saturated rings. The van der Waals surface area contributed by atoms with Crippen LogP contribution < -0.4 is 5.32 Å². The quantitative estimate of drug-likeness (QED) is 0.862. The number of fused-ring (bicyclic) bond motifs is 2. The lowest BCUT2D eigenvalue weighted by atomic mass is 9.75. The SMILES string of the molecule is Cc1cc(C(=O)N2CCC3(CC2)NC(=O)[C@@H]2CN(CCC(C)C)C[C@@H]23)oc1C. The van der Waals surface area contributed by atoms with Crippen LogP contribution in [0.1, 0.15) is 55.0 Å². The molecule has 2 atom stereocenters. The van der Waals surface area contributed by atoms with Crippen molar-refractivity contribution in [2.75, 3.05) is 32.7 Å². The van der Waals surface area contributed by atoms with Gasteiger partial charge in [-0.2, -0.15) is 0 Å². The Labute approximate surface area is 167 Å². The largest absolute Gasteiger partial charge is 0.456 e. The molecule has 4 rings (SSSR count). The summed E-state index contributed by atoms with van der Waals surface area (Å²) < 4.78 is 5.63. The smallest absolute Gasteiger partial charge is 0.289 e. The first-order chi connectivity index (χ1) is 13.3. The number of rotatable bonds is 4. The van der Waals surface area contributed by atoms with Crippen LogP contribution in [0, 0.1) is 31.6 Å². The molecule has 3 aliphatic rings. The number of hydrogen-bond donors (Lipinski definition) is 1. The highest BCUT2D eigenvalue weighted by Gasteiger charge is 2.57. The lowest BCUT2D eigenvalue weighted by molar-refractivity contribution is -0.123. The Morgan fingerprint density at radius 2 is 2.00 bits per heavy atom. The minimum absolute atomic E-state index is 0.0306. The minimum Gasteiger partial charge on any atom is -0.456 e. The highest BCUT2D eigenvalue weighted by Crippen LogP contribution is 2.44. The molecule has 0 bridgehead atoms. The minimum atomic E-state index is -0.139. The predicted octanol–water partition coefficient (Wildman–Crippen LogP) is 2.60. The number of nitrogens with zero attached hydrogens (tertiary/aromatic N) is 2. The zero-order valence-corrected chi connectivity index (χ0v) is 17.6. The molecule has 3 aliphatic heterocycles. The van der Waals surface area contributed by atoms with Gasteiger partial charge in [0.25, 0.3) is 5.91 Å². The lowest BCUT2D eigenvalue weighted by Gasteiger charge is -2.42. The van der Waals surface area contributed by atoms with Crippen LogP contribution in [-0.2, 0) is 4.79 Å². The summed E-state index contributed by atoms with van der Waals surface area (Å²) >= 11 is 0. The van der Waals surface area contributed by atoms with Crippen molar-refractivity contribution in [2.45, 2.75) is 52.5 Å². The van der Waals surface area contributed by atoms with Crippen LogP contribution in [-0.4, -0.2) is 59.9 Å². The Hall–Kier alpha value is -1.82. The van der Waals surface area contributed by atoms with E-state index in [-0.39, 0.29) is 23.3 Å². The molecule has 0 saturated carbocycles. The van der Waals surface area contributed by atoms with Gasteiger partial charge >= 0.3 is 0 Å². The Balaban J connectivity index is 1.40. The van der Waals surface area contributed by atoms with Crippen molar-refractivity contribution >= 4 is 11.8 Å². The molecule has 28 heavy (non-hydrogen) atoms. The van der Waals surface area contributed by atoms with Gasteiger partial charge in [0.15, 0.2) is 5.76 Å². The topological polar surface area (TPSA) is 65.8 Å². The summed E-state index contributed by atoms with van der Waals surface area (Å²) in [5, 5.41) is 3.34. The van der Waals surface area contributed by atoms with Gasteiger partial charge in [0.2, 0.25) is 5.91 Å². The van der Waals surface area contributed by atoms with Gasteiger partial charge in [0.1, 0.15) is 5.76 Å². The van der Waals surface area contributed by atoms with Crippen molar-refractivity contribution in [3.63, 3.8) is 0 Å². The molecule has 1 N–H and O–H groups in total. The van der Waals surface area contributed by atoms with Crippen molar-refractivity contribution in [3.05, 3.63) is 23.2 Å². The Bertz CT molecular complexity index is 742. The van der Waals surface area contributed by atoms with E-state index in [2.05, 4.69) is 24.1 Å². The number of likely N-dealkylation sites (tertiary alicyclic amines) is 2. The van der Waals surface area contributed by atoms with Gasteiger partial charge in [-0.1, -0.05) is 13.8 Å². The maximum atomic E-state index is 12.8. The summed E-state index contributed by atoms with van der Waals surface area (Å²) in [5.41, 5.74) is 0.871. The molecule has 6 heteroatoms. The van der Waals surface area contributed by atoms with Gasteiger partial charge in [-0.3, -0.25) is 9.59 Å². The monoisotopic (exact) mass is 387 g/mol. The standard InChI is InChI=1S/C22H33N3O3/c1-14(2)5-8-24-12-17-18(13-24)22(23-20(17)26)6-9-25(10-7-22)21(27)19-11-15(3)16(4)28-19/h11,14,17-18H,5-10,12-13H2,1-4H3,(H,23,26)/t17-,18+/m1/s1. The van der Waals surface area contributed by atoms with Crippen LogP contribution >= 0.6 is 0 Å². The summed E-state index contributed by atoms with van der Waals surface area (Å²) in [6.45, 7) is 12.7. The predicted molar refractivity (Wildman–Crippen MR) is 107 cm³/mol. The lowest BCUT2D eigenvalue weighted by Crippen LogP contribution is -2.56. The summed E-state index contributed by atoms with van der Waals surface area (Å²) in [6.07, 6.45) is 2.85. The first kappa shape index (κ1) is 19.5. The van der Waals surface area contributed by atoms with Crippen LogP contribution in [0.2, 0.25) is 0 Å². The van der Waals surface area contributed by atoms with Crippen LogP contribution in [0.3, 0.4) is 0 Å². The molecular weight excluding hydrogens is 354 g/mol. The third kappa shape index (κ3) is 3.36. The maximum Gasteiger partial charge on any atom is 0.289 e.